The maximum Gasteiger partial charge on any atom is 0.191 e. The number of hydrogen-bond donors (Lipinski definition) is 2. The van der Waals surface area contributed by atoms with Crippen molar-refractivity contribution in [1.82, 2.24) is 15.6 Å². The minimum absolute atomic E-state index is 0. The van der Waals surface area contributed by atoms with Gasteiger partial charge in [0.05, 0.1) is 13.1 Å². The Morgan fingerprint density at radius 3 is 2.81 bits per heavy atom. The van der Waals surface area contributed by atoms with Crippen LogP contribution in [0.25, 0.3) is 0 Å². The standard InChI is InChI=1S/C14H20N4S2.HI/c1-3-12-8-16-13(20-12)9-18-14(15-4-2)17-7-11-5-6-19-10-11;/h5-6,8,10H,3-4,7,9H2,1-2H3,(H2,15,17,18);1H. The number of nitrogens with zero attached hydrogens (tertiary/aromatic N) is 2. The first-order chi connectivity index (χ1) is 9.81. The van der Waals surface area contributed by atoms with Crippen LogP contribution in [0, 0.1) is 0 Å². The number of hydrogen-bond acceptors (Lipinski definition) is 4. The third-order valence-electron chi connectivity index (χ3n) is 2.70. The van der Waals surface area contributed by atoms with E-state index in [2.05, 4.69) is 51.3 Å². The predicted octanol–water partition coefficient (Wildman–Crippen LogP) is 3.64. The minimum Gasteiger partial charge on any atom is -0.357 e. The second kappa shape index (κ2) is 10.1. The molecule has 116 valence electrons. The molecule has 0 saturated heterocycles. The highest BCUT2D eigenvalue weighted by Crippen LogP contribution is 2.12. The van der Waals surface area contributed by atoms with Gasteiger partial charge in [-0.3, -0.25) is 0 Å². The van der Waals surface area contributed by atoms with Crippen molar-refractivity contribution in [2.24, 2.45) is 4.99 Å². The topological polar surface area (TPSA) is 49.3 Å². The van der Waals surface area contributed by atoms with Gasteiger partial charge in [-0.2, -0.15) is 11.3 Å². The molecule has 0 atom stereocenters. The fourth-order valence-corrected chi connectivity index (χ4v) is 3.11. The lowest BCUT2D eigenvalue weighted by Crippen LogP contribution is -2.36. The fraction of sp³-hybridized carbons (Fsp3) is 0.429. The van der Waals surface area contributed by atoms with Gasteiger partial charge in [0.15, 0.2) is 5.96 Å². The number of aliphatic imine (C=N–C) groups is 1. The number of rotatable bonds is 6. The summed E-state index contributed by atoms with van der Waals surface area (Å²) in [7, 11) is 0. The maximum absolute atomic E-state index is 4.58. The zero-order valence-corrected chi connectivity index (χ0v) is 16.2. The number of halogens is 1. The third kappa shape index (κ3) is 6.31. The molecule has 0 amide bonds. The molecular weight excluding hydrogens is 415 g/mol. The van der Waals surface area contributed by atoms with Crippen molar-refractivity contribution in [2.45, 2.75) is 33.4 Å². The van der Waals surface area contributed by atoms with E-state index in [-0.39, 0.29) is 24.0 Å². The van der Waals surface area contributed by atoms with E-state index in [4.69, 9.17) is 0 Å². The molecule has 0 spiro atoms. The number of guanidine groups is 1. The van der Waals surface area contributed by atoms with Gasteiger partial charge in [-0.1, -0.05) is 6.92 Å². The van der Waals surface area contributed by atoms with Crippen LogP contribution < -0.4 is 10.6 Å². The molecule has 7 heteroatoms. The molecule has 0 aliphatic carbocycles. The molecule has 2 aromatic heterocycles. The summed E-state index contributed by atoms with van der Waals surface area (Å²) in [4.78, 5) is 10.3. The molecule has 0 aromatic carbocycles. The summed E-state index contributed by atoms with van der Waals surface area (Å²) >= 11 is 3.46. The maximum atomic E-state index is 4.58. The predicted molar refractivity (Wildman–Crippen MR) is 103 cm³/mol. The molecule has 0 unspecified atom stereocenters. The third-order valence-corrected chi connectivity index (χ3v) is 4.57. The molecule has 0 aliphatic rings. The van der Waals surface area contributed by atoms with Crippen molar-refractivity contribution in [3.63, 3.8) is 0 Å². The lowest BCUT2D eigenvalue weighted by molar-refractivity contribution is 0.812. The number of thiazole rings is 1. The highest BCUT2D eigenvalue weighted by Gasteiger charge is 2.02. The highest BCUT2D eigenvalue weighted by molar-refractivity contribution is 14.0. The van der Waals surface area contributed by atoms with E-state index in [1.165, 1.54) is 10.4 Å². The van der Waals surface area contributed by atoms with E-state index in [0.717, 1.165) is 30.5 Å². The Labute approximate surface area is 151 Å². The summed E-state index contributed by atoms with van der Waals surface area (Å²) in [5.74, 6) is 0.840. The van der Waals surface area contributed by atoms with Crippen LogP contribution >= 0.6 is 46.7 Å². The largest absolute Gasteiger partial charge is 0.357 e. The van der Waals surface area contributed by atoms with Gasteiger partial charge < -0.3 is 10.6 Å². The lowest BCUT2D eigenvalue weighted by Gasteiger charge is -2.09. The molecule has 0 radical (unpaired) electrons. The molecule has 0 fully saturated rings. The first kappa shape index (κ1) is 18.4. The van der Waals surface area contributed by atoms with Crippen LogP contribution in [0.2, 0.25) is 0 Å². The van der Waals surface area contributed by atoms with Gasteiger partial charge in [0.1, 0.15) is 5.01 Å². The molecule has 0 saturated carbocycles. The normalized spacial score (nSPS) is 11.0. The van der Waals surface area contributed by atoms with Gasteiger partial charge in [0.25, 0.3) is 0 Å². The van der Waals surface area contributed by atoms with Gasteiger partial charge in [-0.05, 0) is 35.7 Å². The summed E-state index contributed by atoms with van der Waals surface area (Å²) in [5.41, 5.74) is 1.25. The molecule has 21 heavy (non-hydrogen) atoms. The van der Waals surface area contributed by atoms with Crippen LogP contribution in [0.4, 0.5) is 0 Å². The second-order valence-electron chi connectivity index (χ2n) is 4.25. The number of nitrogens with one attached hydrogen (secondary N) is 2. The van der Waals surface area contributed by atoms with Crippen molar-refractivity contribution in [1.29, 1.82) is 0 Å². The summed E-state index contributed by atoms with van der Waals surface area (Å²) < 4.78 is 0. The molecular formula is C14H21IN4S2. The van der Waals surface area contributed by atoms with Gasteiger partial charge in [-0.15, -0.1) is 35.3 Å². The average molecular weight is 436 g/mol. The van der Waals surface area contributed by atoms with Crippen molar-refractivity contribution in [3.8, 4) is 0 Å². The summed E-state index contributed by atoms with van der Waals surface area (Å²) in [6, 6.07) is 2.10. The molecule has 4 nitrogen and oxygen atoms in total. The summed E-state index contributed by atoms with van der Waals surface area (Å²) in [5, 5.41) is 11.9. The highest BCUT2D eigenvalue weighted by atomic mass is 127. The quantitative estimate of drug-likeness (QED) is 0.413. The molecule has 2 heterocycles. The van der Waals surface area contributed by atoms with E-state index in [9.17, 15) is 0 Å². The Hall–Kier alpha value is -0.670. The van der Waals surface area contributed by atoms with E-state index in [1.54, 1.807) is 22.7 Å². The van der Waals surface area contributed by atoms with E-state index in [1.807, 2.05) is 6.20 Å². The van der Waals surface area contributed by atoms with Crippen LogP contribution in [0.5, 0.6) is 0 Å². The van der Waals surface area contributed by atoms with Crippen LogP contribution in [-0.2, 0) is 19.5 Å². The van der Waals surface area contributed by atoms with Crippen LogP contribution in [0.3, 0.4) is 0 Å². The Morgan fingerprint density at radius 2 is 2.19 bits per heavy atom. The van der Waals surface area contributed by atoms with Gasteiger partial charge in [0, 0.05) is 17.6 Å². The van der Waals surface area contributed by atoms with Gasteiger partial charge >= 0.3 is 0 Å². The molecule has 2 N–H and O–H groups in total. The lowest BCUT2D eigenvalue weighted by atomic mass is 10.3. The van der Waals surface area contributed by atoms with Crippen LogP contribution in [0.1, 0.15) is 29.3 Å². The minimum atomic E-state index is 0. The van der Waals surface area contributed by atoms with Crippen molar-refractivity contribution in [2.75, 3.05) is 6.54 Å². The summed E-state index contributed by atoms with van der Waals surface area (Å²) in [6.45, 7) is 6.50. The second-order valence-corrected chi connectivity index (χ2v) is 6.23. The Bertz CT molecular complexity index is 537. The number of aromatic nitrogens is 1. The Balaban J connectivity index is 0.00000220. The first-order valence-electron chi connectivity index (χ1n) is 6.78. The van der Waals surface area contributed by atoms with Crippen molar-refractivity contribution >= 4 is 52.6 Å². The van der Waals surface area contributed by atoms with Gasteiger partial charge in [0.2, 0.25) is 0 Å². The molecule has 0 aliphatic heterocycles. The zero-order chi connectivity index (χ0) is 14.2. The fourth-order valence-electron chi connectivity index (χ4n) is 1.65. The Morgan fingerprint density at radius 1 is 1.33 bits per heavy atom. The average Bonchev–Trinajstić information content (AvgIpc) is 3.13. The summed E-state index contributed by atoms with van der Waals surface area (Å²) in [6.07, 6.45) is 3.00. The van der Waals surface area contributed by atoms with E-state index in [0.29, 0.717) is 6.54 Å². The molecule has 2 aromatic rings. The van der Waals surface area contributed by atoms with E-state index < -0.39 is 0 Å². The first-order valence-corrected chi connectivity index (χ1v) is 8.54. The smallest absolute Gasteiger partial charge is 0.191 e. The van der Waals surface area contributed by atoms with E-state index >= 15 is 0 Å². The molecule has 0 bridgehead atoms. The van der Waals surface area contributed by atoms with Gasteiger partial charge in [-0.25, -0.2) is 9.98 Å². The van der Waals surface area contributed by atoms with Crippen LogP contribution in [-0.4, -0.2) is 17.5 Å². The van der Waals surface area contributed by atoms with Crippen molar-refractivity contribution < 1.29 is 0 Å². The zero-order valence-electron chi connectivity index (χ0n) is 12.3. The number of thiophene rings is 1. The Kier molecular flexibility index (Phi) is 8.86. The van der Waals surface area contributed by atoms with Crippen LogP contribution in [0.15, 0.2) is 28.0 Å². The molecule has 2 rings (SSSR count). The monoisotopic (exact) mass is 436 g/mol. The van der Waals surface area contributed by atoms with Crippen molar-refractivity contribution in [3.05, 3.63) is 38.5 Å². The SMILES string of the molecule is CCNC(=NCc1ccsc1)NCc1ncc(CC)s1.I. The number of aryl methyl sites for hydroxylation is 1.